The molecule has 1 saturated carbocycles. The highest BCUT2D eigenvalue weighted by atomic mass is 35.5. The number of hydrogen-bond donors (Lipinski definition) is 2. The van der Waals surface area contributed by atoms with E-state index in [4.69, 9.17) is 11.6 Å². The van der Waals surface area contributed by atoms with Crippen molar-refractivity contribution in [3.8, 4) is 11.3 Å². The molecule has 1 aliphatic carbocycles. The van der Waals surface area contributed by atoms with Crippen LogP contribution in [0, 0.1) is 0 Å². The van der Waals surface area contributed by atoms with E-state index in [2.05, 4.69) is 40.6 Å². The highest BCUT2D eigenvalue weighted by molar-refractivity contribution is 6.32. The van der Waals surface area contributed by atoms with Gasteiger partial charge >= 0.3 is 0 Å². The van der Waals surface area contributed by atoms with Gasteiger partial charge in [0.15, 0.2) is 0 Å². The van der Waals surface area contributed by atoms with Gasteiger partial charge in [-0.1, -0.05) is 61.2 Å². The Bertz CT molecular complexity index is 801. The van der Waals surface area contributed by atoms with E-state index in [9.17, 15) is 0 Å². The summed E-state index contributed by atoms with van der Waals surface area (Å²) in [6.45, 7) is 0. The molecule has 0 saturated heterocycles. The average Bonchev–Trinajstić information content (AvgIpc) is 3.01. The molecule has 0 unspecified atom stereocenters. The first-order chi connectivity index (χ1) is 11.3. The molecule has 0 spiro atoms. The van der Waals surface area contributed by atoms with Crippen LogP contribution in [0.15, 0.2) is 48.5 Å². The number of hydrogen-bond acceptors (Lipinski definition) is 1. The minimum Gasteiger partial charge on any atom is -0.381 e. The van der Waals surface area contributed by atoms with Gasteiger partial charge in [0.2, 0.25) is 0 Å². The number of aromatic amines is 1. The maximum atomic E-state index is 6.34. The van der Waals surface area contributed by atoms with Gasteiger partial charge in [0.25, 0.3) is 0 Å². The molecule has 1 aliphatic rings. The van der Waals surface area contributed by atoms with Gasteiger partial charge < -0.3 is 10.3 Å². The quantitative estimate of drug-likeness (QED) is 0.587. The third kappa shape index (κ3) is 3.09. The fourth-order valence-corrected chi connectivity index (χ4v) is 3.79. The Hall–Kier alpha value is -1.93. The van der Waals surface area contributed by atoms with Crippen LogP contribution in [-0.4, -0.2) is 11.0 Å². The predicted molar refractivity (Wildman–Crippen MR) is 99.2 cm³/mol. The SMILES string of the molecule is Clc1cc(NC2CCCCC2)c2[nH]c(-c3ccccc3)cc2c1. The van der Waals surface area contributed by atoms with Gasteiger partial charge in [-0.2, -0.15) is 0 Å². The first kappa shape index (κ1) is 14.6. The van der Waals surface area contributed by atoms with Crippen LogP contribution in [0.3, 0.4) is 0 Å². The smallest absolute Gasteiger partial charge is 0.0695 e. The minimum atomic E-state index is 0.564. The molecule has 118 valence electrons. The molecule has 0 atom stereocenters. The fraction of sp³-hybridized carbons (Fsp3) is 0.300. The van der Waals surface area contributed by atoms with Crippen molar-refractivity contribution in [1.29, 1.82) is 0 Å². The summed E-state index contributed by atoms with van der Waals surface area (Å²) in [7, 11) is 0. The number of halogens is 1. The molecule has 3 heteroatoms. The molecular formula is C20H21ClN2. The van der Waals surface area contributed by atoms with Crippen molar-refractivity contribution in [3.05, 3.63) is 53.6 Å². The first-order valence-electron chi connectivity index (χ1n) is 8.44. The second-order valence-electron chi connectivity index (χ2n) is 6.45. The Morgan fingerprint density at radius 2 is 1.74 bits per heavy atom. The van der Waals surface area contributed by atoms with Crippen LogP contribution in [0.5, 0.6) is 0 Å². The summed E-state index contributed by atoms with van der Waals surface area (Å²) < 4.78 is 0. The molecule has 0 bridgehead atoms. The van der Waals surface area contributed by atoms with Crippen molar-refractivity contribution in [2.45, 2.75) is 38.1 Å². The molecule has 4 rings (SSSR count). The summed E-state index contributed by atoms with van der Waals surface area (Å²) in [5, 5.41) is 5.66. The van der Waals surface area contributed by atoms with E-state index in [1.54, 1.807) is 0 Å². The molecule has 1 heterocycles. The third-order valence-corrected chi connectivity index (χ3v) is 4.96. The lowest BCUT2D eigenvalue weighted by atomic mass is 9.95. The van der Waals surface area contributed by atoms with Gasteiger partial charge in [-0.05, 0) is 36.6 Å². The molecule has 2 aromatic carbocycles. The van der Waals surface area contributed by atoms with Gasteiger partial charge in [0.05, 0.1) is 11.2 Å². The number of fused-ring (bicyclic) bond motifs is 1. The molecule has 0 aliphatic heterocycles. The second kappa shape index (κ2) is 6.29. The fourth-order valence-electron chi connectivity index (χ4n) is 3.56. The highest BCUT2D eigenvalue weighted by Gasteiger charge is 2.15. The lowest BCUT2D eigenvalue weighted by Crippen LogP contribution is -2.22. The normalized spacial score (nSPS) is 15.9. The van der Waals surface area contributed by atoms with E-state index in [1.807, 2.05) is 18.2 Å². The molecule has 2 nitrogen and oxygen atoms in total. The van der Waals surface area contributed by atoms with Crippen molar-refractivity contribution >= 4 is 28.2 Å². The Labute approximate surface area is 141 Å². The Morgan fingerprint density at radius 3 is 2.52 bits per heavy atom. The van der Waals surface area contributed by atoms with Crippen LogP contribution < -0.4 is 5.32 Å². The maximum Gasteiger partial charge on any atom is 0.0695 e. The molecule has 0 amide bonds. The van der Waals surface area contributed by atoms with Crippen molar-refractivity contribution in [2.24, 2.45) is 0 Å². The first-order valence-corrected chi connectivity index (χ1v) is 8.81. The van der Waals surface area contributed by atoms with Crippen LogP contribution >= 0.6 is 11.6 Å². The summed E-state index contributed by atoms with van der Waals surface area (Å²) in [6, 6.07) is 17.2. The van der Waals surface area contributed by atoms with E-state index in [-0.39, 0.29) is 0 Å². The summed E-state index contributed by atoms with van der Waals surface area (Å²) in [5.74, 6) is 0. The van der Waals surface area contributed by atoms with Crippen molar-refractivity contribution < 1.29 is 0 Å². The molecule has 2 N–H and O–H groups in total. The standard InChI is InChI=1S/C20H21ClN2/c21-16-11-15-12-18(14-7-3-1-4-8-14)23-20(15)19(13-16)22-17-9-5-2-6-10-17/h1,3-4,7-8,11-13,17,22-23H,2,5-6,9-10H2. The average molecular weight is 325 g/mol. The summed E-state index contributed by atoms with van der Waals surface area (Å²) in [4.78, 5) is 3.58. The maximum absolute atomic E-state index is 6.34. The largest absolute Gasteiger partial charge is 0.381 e. The van der Waals surface area contributed by atoms with E-state index in [0.717, 1.165) is 27.3 Å². The minimum absolute atomic E-state index is 0.564. The van der Waals surface area contributed by atoms with E-state index in [1.165, 1.54) is 37.7 Å². The van der Waals surface area contributed by atoms with Gasteiger partial charge in [0.1, 0.15) is 0 Å². The third-order valence-electron chi connectivity index (χ3n) is 4.74. The Morgan fingerprint density at radius 1 is 0.957 bits per heavy atom. The molecule has 23 heavy (non-hydrogen) atoms. The lowest BCUT2D eigenvalue weighted by Gasteiger charge is -2.24. The summed E-state index contributed by atoms with van der Waals surface area (Å²) in [5.41, 5.74) is 4.61. The molecule has 3 aromatic rings. The second-order valence-corrected chi connectivity index (χ2v) is 6.88. The molecule has 1 aromatic heterocycles. The number of benzene rings is 2. The molecule has 1 fully saturated rings. The Balaban J connectivity index is 1.73. The van der Waals surface area contributed by atoms with E-state index >= 15 is 0 Å². The number of anilines is 1. The lowest BCUT2D eigenvalue weighted by molar-refractivity contribution is 0.463. The predicted octanol–water partition coefficient (Wildman–Crippen LogP) is 6.23. The monoisotopic (exact) mass is 324 g/mol. The zero-order chi connectivity index (χ0) is 15.6. The van der Waals surface area contributed by atoms with Crippen LogP contribution in [-0.2, 0) is 0 Å². The molecule has 0 radical (unpaired) electrons. The zero-order valence-electron chi connectivity index (χ0n) is 13.1. The van der Waals surface area contributed by atoms with Crippen molar-refractivity contribution in [1.82, 2.24) is 4.98 Å². The van der Waals surface area contributed by atoms with Gasteiger partial charge in [0, 0.05) is 22.1 Å². The van der Waals surface area contributed by atoms with Crippen LogP contribution in [0.2, 0.25) is 5.02 Å². The summed E-state index contributed by atoms with van der Waals surface area (Å²) >= 11 is 6.34. The van der Waals surface area contributed by atoms with Gasteiger partial charge in [-0.3, -0.25) is 0 Å². The number of nitrogens with one attached hydrogen (secondary N) is 2. The number of H-pyrrole nitrogens is 1. The number of rotatable bonds is 3. The zero-order valence-corrected chi connectivity index (χ0v) is 13.9. The van der Waals surface area contributed by atoms with Gasteiger partial charge in [-0.25, -0.2) is 0 Å². The van der Waals surface area contributed by atoms with Crippen molar-refractivity contribution in [3.63, 3.8) is 0 Å². The summed E-state index contributed by atoms with van der Waals surface area (Å²) in [6.07, 6.45) is 6.51. The van der Waals surface area contributed by atoms with Crippen LogP contribution in [0.4, 0.5) is 5.69 Å². The van der Waals surface area contributed by atoms with Crippen molar-refractivity contribution in [2.75, 3.05) is 5.32 Å². The van der Waals surface area contributed by atoms with E-state index < -0.39 is 0 Å². The highest BCUT2D eigenvalue weighted by Crippen LogP contribution is 2.33. The Kier molecular flexibility index (Phi) is 4.00. The topological polar surface area (TPSA) is 27.8 Å². The van der Waals surface area contributed by atoms with Crippen LogP contribution in [0.25, 0.3) is 22.2 Å². The van der Waals surface area contributed by atoms with E-state index in [0.29, 0.717) is 6.04 Å². The van der Waals surface area contributed by atoms with Gasteiger partial charge in [-0.15, -0.1) is 0 Å². The van der Waals surface area contributed by atoms with Crippen LogP contribution in [0.1, 0.15) is 32.1 Å². The molecular weight excluding hydrogens is 304 g/mol. The number of aromatic nitrogens is 1.